The molecule has 0 bridgehead atoms. The number of rotatable bonds is 4. The topological polar surface area (TPSA) is 55.1 Å². The largest absolute Gasteiger partial charge is 0.368 e. The van der Waals surface area contributed by atoms with Crippen LogP contribution in [0.1, 0.15) is 11.6 Å². The van der Waals surface area contributed by atoms with E-state index in [4.69, 9.17) is 17.3 Å². The van der Waals surface area contributed by atoms with Crippen molar-refractivity contribution in [2.75, 3.05) is 5.32 Å². The molecule has 0 saturated carbocycles. The fraction of sp³-hybridized carbons (Fsp3) is 0.0714. The minimum absolute atomic E-state index is 0.187. The standard InChI is InChI=1S/C14H11BrClFN2O/c15-8-5-6-10(16)9(7-8)13(14(18)20)19-12-4-2-1-3-11(12)17/h1-7,13,19H,(H2,18,20). The van der Waals surface area contributed by atoms with E-state index in [-0.39, 0.29) is 5.69 Å². The van der Waals surface area contributed by atoms with Crippen LogP contribution in [0.25, 0.3) is 0 Å². The zero-order valence-electron chi connectivity index (χ0n) is 10.2. The second-order valence-corrected chi connectivity index (χ2v) is 5.45. The van der Waals surface area contributed by atoms with Crippen LogP contribution in [0.2, 0.25) is 5.02 Å². The van der Waals surface area contributed by atoms with Crippen molar-refractivity contribution in [1.82, 2.24) is 0 Å². The van der Waals surface area contributed by atoms with Crippen molar-refractivity contribution >= 4 is 39.1 Å². The van der Waals surface area contributed by atoms with Crippen LogP contribution in [-0.4, -0.2) is 5.91 Å². The Hall–Kier alpha value is -1.59. The third-order valence-corrected chi connectivity index (χ3v) is 3.56. The molecule has 6 heteroatoms. The molecule has 1 atom stereocenters. The van der Waals surface area contributed by atoms with Crippen molar-refractivity contribution in [3.63, 3.8) is 0 Å². The molecule has 0 aliphatic rings. The maximum absolute atomic E-state index is 13.7. The first-order valence-electron chi connectivity index (χ1n) is 5.74. The van der Waals surface area contributed by atoms with E-state index >= 15 is 0 Å². The Morgan fingerprint density at radius 1 is 1.30 bits per heavy atom. The number of hydrogen-bond acceptors (Lipinski definition) is 2. The number of para-hydroxylation sites is 1. The van der Waals surface area contributed by atoms with Gasteiger partial charge in [-0.2, -0.15) is 0 Å². The highest BCUT2D eigenvalue weighted by Crippen LogP contribution is 2.29. The Balaban J connectivity index is 2.40. The molecule has 0 aliphatic heterocycles. The summed E-state index contributed by atoms with van der Waals surface area (Å²) in [6.45, 7) is 0. The van der Waals surface area contributed by atoms with Gasteiger partial charge < -0.3 is 11.1 Å². The van der Waals surface area contributed by atoms with Crippen LogP contribution in [0.5, 0.6) is 0 Å². The number of nitrogens with two attached hydrogens (primary N) is 1. The molecule has 0 radical (unpaired) electrons. The van der Waals surface area contributed by atoms with Gasteiger partial charge in [-0.25, -0.2) is 4.39 Å². The first kappa shape index (κ1) is 14.8. The van der Waals surface area contributed by atoms with Crippen molar-refractivity contribution in [1.29, 1.82) is 0 Å². The number of carbonyl (C=O) groups excluding carboxylic acids is 1. The van der Waals surface area contributed by atoms with E-state index in [9.17, 15) is 9.18 Å². The molecule has 1 unspecified atom stereocenters. The maximum atomic E-state index is 13.7. The minimum Gasteiger partial charge on any atom is -0.368 e. The Bertz CT molecular complexity index is 651. The second-order valence-electron chi connectivity index (χ2n) is 4.13. The lowest BCUT2D eigenvalue weighted by molar-refractivity contribution is -0.118. The number of nitrogens with one attached hydrogen (secondary N) is 1. The fourth-order valence-electron chi connectivity index (χ4n) is 1.77. The van der Waals surface area contributed by atoms with Gasteiger partial charge in [0.1, 0.15) is 11.9 Å². The van der Waals surface area contributed by atoms with Gasteiger partial charge >= 0.3 is 0 Å². The average molecular weight is 358 g/mol. The van der Waals surface area contributed by atoms with Gasteiger partial charge in [0.05, 0.1) is 5.69 Å². The fourth-order valence-corrected chi connectivity index (χ4v) is 2.38. The van der Waals surface area contributed by atoms with E-state index in [1.807, 2.05) is 0 Å². The highest BCUT2D eigenvalue weighted by atomic mass is 79.9. The van der Waals surface area contributed by atoms with Crippen LogP contribution in [0.3, 0.4) is 0 Å². The molecule has 2 aromatic rings. The van der Waals surface area contributed by atoms with Crippen molar-refractivity contribution in [3.8, 4) is 0 Å². The van der Waals surface area contributed by atoms with E-state index in [0.717, 1.165) is 4.47 Å². The van der Waals surface area contributed by atoms with Gasteiger partial charge in [-0.15, -0.1) is 0 Å². The molecule has 0 aliphatic carbocycles. The van der Waals surface area contributed by atoms with Crippen LogP contribution in [-0.2, 0) is 4.79 Å². The van der Waals surface area contributed by atoms with Crippen molar-refractivity contribution in [2.45, 2.75) is 6.04 Å². The molecular formula is C14H11BrClFN2O. The molecule has 3 N–H and O–H groups in total. The zero-order valence-corrected chi connectivity index (χ0v) is 12.6. The lowest BCUT2D eigenvalue weighted by Crippen LogP contribution is -2.28. The van der Waals surface area contributed by atoms with Crippen LogP contribution >= 0.6 is 27.5 Å². The summed E-state index contributed by atoms with van der Waals surface area (Å²) < 4.78 is 14.4. The smallest absolute Gasteiger partial charge is 0.244 e. The Labute approximate surface area is 129 Å². The summed E-state index contributed by atoms with van der Waals surface area (Å²) >= 11 is 9.38. The average Bonchev–Trinajstić information content (AvgIpc) is 2.40. The molecule has 1 amide bonds. The maximum Gasteiger partial charge on any atom is 0.244 e. The molecule has 0 heterocycles. The highest BCUT2D eigenvalue weighted by molar-refractivity contribution is 9.10. The van der Waals surface area contributed by atoms with Crippen molar-refractivity contribution < 1.29 is 9.18 Å². The number of primary amides is 1. The van der Waals surface area contributed by atoms with E-state index < -0.39 is 17.8 Å². The quantitative estimate of drug-likeness (QED) is 0.872. The van der Waals surface area contributed by atoms with Crippen LogP contribution in [0.4, 0.5) is 10.1 Å². The minimum atomic E-state index is -0.920. The zero-order chi connectivity index (χ0) is 14.7. The van der Waals surface area contributed by atoms with Gasteiger partial charge in [-0.1, -0.05) is 39.7 Å². The Morgan fingerprint density at radius 3 is 2.65 bits per heavy atom. The number of anilines is 1. The third-order valence-electron chi connectivity index (χ3n) is 2.73. The molecule has 0 aromatic heterocycles. The molecule has 2 rings (SSSR count). The number of benzene rings is 2. The van der Waals surface area contributed by atoms with Crippen molar-refractivity contribution in [2.24, 2.45) is 5.73 Å². The van der Waals surface area contributed by atoms with Crippen LogP contribution < -0.4 is 11.1 Å². The molecule has 0 saturated heterocycles. The lowest BCUT2D eigenvalue weighted by atomic mass is 10.1. The van der Waals surface area contributed by atoms with E-state index in [1.165, 1.54) is 12.1 Å². The Morgan fingerprint density at radius 2 is 2.00 bits per heavy atom. The molecule has 20 heavy (non-hydrogen) atoms. The summed E-state index contributed by atoms with van der Waals surface area (Å²) in [5.74, 6) is -1.11. The van der Waals surface area contributed by atoms with Gasteiger partial charge in [-0.05, 0) is 30.3 Å². The van der Waals surface area contributed by atoms with Gasteiger partial charge in [0.15, 0.2) is 0 Å². The van der Waals surface area contributed by atoms with Crippen molar-refractivity contribution in [3.05, 3.63) is 63.3 Å². The van der Waals surface area contributed by atoms with Crippen LogP contribution in [0.15, 0.2) is 46.9 Å². The molecule has 2 aromatic carbocycles. The first-order valence-corrected chi connectivity index (χ1v) is 6.91. The summed E-state index contributed by atoms with van der Waals surface area (Å²) in [6.07, 6.45) is 0. The highest BCUT2D eigenvalue weighted by Gasteiger charge is 2.21. The number of hydrogen-bond donors (Lipinski definition) is 2. The van der Waals surface area contributed by atoms with Crippen LogP contribution in [0, 0.1) is 5.82 Å². The summed E-state index contributed by atoms with van der Waals surface area (Å²) in [5, 5.41) is 3.15. The first-order chi connectivity index (χ1) is 9.49. The summed E-state index contributed by atoms with van der Waals surface area (Å²) in [5.41, 5.74) is 6.06. The summed E-state index contributed by atoms with van der Waals surface area (Å²) in [6, 6.07) is 10.2. The SMILES string of the molecule is NC(=O)C(Nc1ccccc1F)c1cc(Br)ccc1Cl. The monoisotopic (exact) mass is 356 g/mol. The van der Waals surface area contributed by atoms with E-state index in [1.54, 1.807) is 30.3 Å². The van der Waals surface area contributed by atoms with Gasteiger partial charge in [0, 0.05) is 15.1 Å². The molecule has 104 valence electrons. The lowest BCUT2D eigenvalue weighted by Gasteiger charge is -2.19. The number of halogens is 3. The van der Waals surface area contributed by atoms with Gasteiger partial charge in [0.25, 0.3) is 0 Å². The normalized spacial score (nSPS) is 11.9. The summed E-state index contributed by atoms with van der Waals surface area (Å²) in [7, 11) is 0. The summed E-state index contributed by atoms with van der Waals surface area (Å²) in [4.78, 5) is 11.6. The van der Waals surface area contributed by atoms with Gasteiger partial charge in [-0.3, -0.25) is 4.79 Å². The van der Waals surface area contributed by atoms with E-state index in [2.05, 4.69) is 21.2 Å². The third kappa shape index (κ3) is 3.29. The predicted molar refractivity (Wildman–Crippen MR) is 81.1 cm³/mol. The van der Waals surface area contributed by atoms with Gasteiger partial charge in [0.2, 0.25) is 5.91 Å². The predicted octanol–water partition coefficient (Wildman–Crippen LogP) is 3.88. The Kier molecular flexibility index (Phi) is 4.62. The second kappa shape index (κ2) is 6.24. The molecule has 3 nitrogen and oxygen atoms in total. The number of amides is 1. The molecule has 0 spiro atoms. The molecular weight excluding hydrogens is 347 g/mol. The molecule has 0 fully saturated rings. The number of carbonyl (C=O) groups is 1. The van der Waals surface area contributed by atoms with E-state index in [0.29, 0.717) is 10.6 Å².